The first-order valence-corrected chi connectivity index (χ1v) is 25.7. The summed E-state index contributed by atoms with van der Waals surface area (Å²) in [6, 6.07) is 19.7. The normalized spacial score (nSPS) is 11.9. The molecular weight excluding hydrogens is 1110 g/mol. The standard InChI is InChI=1S/C35H34N6O20S6.4Na/c36-31-30-23(21-29(66(50,51)52)33(31)40-38-25-10-12-27(13-11-25)65(48,49)19-16-57-67(53,54)55)20-28(62-60-58-44)32(34(30)42)39-37-24-8-6-22(7-9-24)35(43)41(26-4-2-1-3-5-26)14-17-64(46,47)18-15-56-63-61-59-45;;;;/h1-13,20-21,42,44-45H,14-19,36H2,(H,50,51,52)(H,53,54,55);;;;/q;4*+1/p-4. The van der Waals surface area contributed by atoms with Gasteiger partial charge in [0, 0.05) is 17.8 Å². The molecule has 5 aromatic rings. The average Bonchev–Trinajstić information content (AvgIpc) is 3.27. The van der Waals surface area contributed by atoms with Crippen LogP contribution in [-0.2, 0) is 67.3 Å². The Morgan fingerprint density at radius 1 is 0.704 bits per heavy atom. The topological polar surface area (TPSA) is 400 Å². The second-order valence-electron chi connectivity index (χ2n) is 12.9. The van der Waals surface area contributed by atoms with Gasteiger partial charge >= 0.3 is 118 Å². The van der Waals surface area contributed by atoms with E-state index >= 15 is 0 Å². The number of azo groups is 2. The molecule has 0 fully saturated rings. The summed E-state index contributed by atoms with van der Waals surface area (Å²) in [6.07, 6.45) is 0. The second kappa shape index (κ2) is 31.1. The van der Waals surface area contributed by atoms with Gasteiger partial charge in [0.15, 0.2) is 37.7 Å². The molecule has 0 aliphatic heterocycles. The van der Waals surface area contributed by atoms with Gasteiger partial charge in [-0.25, -0.2) is 33.7 Å². The second-order valence-corrected chi connectivity index (χ2v) is 21.0. The summed E-state index contributed by atoms with van der Waals surface area (Å²) in [5.41, 5.74) is 4.90. The molecule has 0 heterocycles. The van der Waals surface area contributed by atoms with Crippen LogP contribution >= 0.6 is 24.4 Å². The Morgan fingerprint density at radius 2 is 1.28 bits per heavy atom. The SMILES string of the molecule is Nc1c(N=Nc2ccc(S(=O)(=O)CCOS(=O)(=O)[O-])cc2)c(S(=O)(=O)[O-])cc2cc(SOO[O-])c(N=Nc3ccc(C(=O)N(CCS(=O)(=O)CCOSOO[O-])c4ccccc4)cc3)c(O)c12.[Na+].[Na+].[Na+].[Na+]. The molecule has 0 saturated carbocycles. The van der Waals surface area contributed by atoms with Gasteiger partial charge in [0.25, 0.3) is 5.91 Å². The van der Waals surface area contributed by atoms with Crippen LogP contribution in [0.2, 0.25) is 0 Å². The first-order chi connectivity index (χ1) is 31.6. The molecule has 0 radical (unpaired) electrons. The number of anilines is 2. The zero-order chi connectivity index (χ0) is 49.0. The maximum atomic E-state index is 13.7. The number of benzene rings is 5. The van der Waals surface area contributed by atoms with Crippen LogP contribution in [0.1, 0.15) is 10.4 Å². The van der Waals surface area contributed by atoms with Crippen molar-refractivity contribution < 1.29 is 209 Å². The third-order valence-corrected chi connectivity index (χ3v) is 14.3. The number of nitrogens with two attached hydrogens (primary N) is 1. The Labute approximate surface area is 502 Å². The number of fused-ring (bicyclic) bond motifs is 1. The third-order valence-electron chi connectivity index (χ3n) is 8.68. The van der Waals surface area contributed by atoms with Crippen molar-refractivity contribution in [2.24, 2.45) is 20.5 Å². The van der Waals surface area contributed by atoms with Crippen LogP contribution in [-0.4, -0.2) is 90.8 Å². The first kappa shape index (κ1) is 67.7. The number of hydrogen-bond acceptors (Lipinski definition) is 27. The monoisotopic (exact) mass is 1140 g/mol. The van der Waals surface area contributed by atoms with Crippen molar-refractivity contribution in [3.63, 3.8) is 0 Å². The van der Waals surface area contributed by atoms with Gasteiger partial charge in [-0.15, -0.1) is 14.6 Å². The first-order valence-electron chi connectivity index (χ1n) is 18.0. The molecule has 36 heteroatoms. The molecule has 0 aliphatic rings. The molecule has 71 heavy (non-hydrogen) atoms. The van der Waals surface area contributed by atoms with Gasteiger partial charge < -0.3 is 35.4 Å². The number of rotatable bonds is 24. The number of amides is 1. The van der Waals surface area contributed by atoms with E-state index in [1.54, 1.807) is 30.3 Å². The van der Waals surface area contributed by atoms with Gasteiger partial charge in [-0.05, 0) is 78.2 Å². The molecule has 0 saturated heterocycles. The maximum absolute atomic E-state index is 13.7. The van der Waals surface area contributed by atoms with Crippen molar-refractivity contribution in [1.29, 1.82) is 0 Å². The zero-order valence-corrected chi connectivity index (χ0v) is 50.3. The summed E-state index contributed by atoms with van der Waals surface area (Å²) in [5, 5.41) is 53.9. The van der Waals surface area contributed by atoms with E-state index in [1.165, 1.54) is 29.2 Å². The minimum Gasteiger partial charge on any atom is -0.744 e. The van der Waals surface area contributed by atoms with Gasteiger partial charge in [-0.3, -0.25) is 23.2 Å². The van der Waals surface area contributed by atoms with Gasteiger partial charge in [0.1, 0.15) is 21.5 Å². The Morgan fingerprint density at radius 3 is 1.85 bits per heavy atom. The van der Waals surface area contributed by atoms with Gasteiger partial charge in [0.2, 0.25) is 10.4 Å². The summed E-state index contributed by atoms with van der Waals surface area (Å²) in [7, 11) is -18.5. The molecule has 0 atom stereocenters. The minimum absolute atomic E-state index is 0. The molecule has 5 aromatic carbocycles. The number of carbonyl (C=O) groups is 1. The molecule has 0 aliphatic carbocycles. The number of hydrogen-bond donors (Lipinski definition) is 2. The van der Waals surface area contributed by atoms with Crippen LogP contribution < -0.4 is 139 Å². The number of phenolic OH excluding ortho intramolecular Hbond substituents is 1. The van der Waals surface area contributed by atoms with E-state index < -0.39 is 97.7 Å². The van der Waals surface area contributed by atoms with Crippen LogP contribution in [0.25, 0.3) is 10.8 Å². The Kier molecular flexibility index (Phi) is 29.6. The Hall–Kier alpha value is -1.27. The molecule has 0 spiro atoms. The van der Waals surface area contributed by atoms with E-state index in [1.807, 2.05) is 0 Å². The number of sulfone groups is 2. The Bertz CT molecular complexity index is 3100. The van der Waals surface area contributed by atoms with Crippen LogP contribution in [0.5, 0.6) is 5.75 Å². The number of nitrogen functional groups attached to an aromatic ring is 1. The van der Waals surface area contributed by atoms with Crippen molar-refractivity contribution >= 4 is 115 Å². The zero-order valence-electron chi connectivity index (χ0n) is 37.4. The van der Waals surface area contributed by atoms with Crippen molar-refractivity contribution in [3.05, 3.63) is 96.6 Å². The van der Waals surface area contributed by atoms with E-state index in [-0.39, 0.29) is 193 Å². The van der Waals surface area contributed by atoms with E-state index in [2.05, 4.69) is 43.4 Å². The summed E-state index contributed by atoms with van der Waals surface area (Å²) in [6.45, 7) is -1.58. The van der Waals surface area contributed by atoms with Crippen LogP contribution in [0.3, 0.4) is 0 Å². The molecule has 5 rings (SSSR count). The van der Waals surface area contributed by atoms with Crippen LogP contribution in [0.4, 0.5) is 34.1 Å². The maximum Gasteiger partial charge on any atom is 1.00 e. The number of carbonyl (C=O) groups excluding carboxylic acids is 1. The van der Waals surface area contributed by atoms with Crippen molar-refractivity contribution in [2.45, 2.75) is 14.7 Å². The van der Waals surface area contributed by atoms with Crippen molar-refractivity contribution in [2.75, 3.05) is 47.7 Å². The summed E-state index contributed by atoms with van der Waals surface area (Å²) in [4.78, 5) is 13.4. The molecule has 0 aromatic heterocycles. The minimum atomic E-state index is -5.39. The number of nitrogens with zero attached hydrogens (tertiary/aromatic N) is 5. The van der Waals surface area contributed by atoms with E-state index in [0.717, 1.165) is 36.4 Å². The fourth-order valence-corrected chi connectivity index (χ4v) is 9.61. The fraction of sp³-hybridized carbons (Fsp3) is 0.171. The summed E-state index contributed by atoms with van der Waals surface area (Å²) >= 11 is 0.348. The van der Waals surface area contributed by atoms with Crippen molar-refractivity contribution in [3.8, 4) is 5.75 Å². The molecule has 26 nitrogen and oxygen atoms in total. The Balaban J connectivity index is 0.00000630. The fourth-order valence-electron chi connectivity index (χ4n) is 5.66. The molecule has 1 amide bonds. The predicted octanol–water partition coefficient (Wildman–Crippen LogP) is -8.78. The molecule has 0 bridgehead atoms. The molecular formula is C35H30N6Na4O20S6. The van der Waals surface area contributed by atoms with E-state index in [0.29, 0.717) is 5.69 Å². The third kappa shape index (κ3) is 20.3. The van der Waals surface area contributed by atoms with Gasteiger partial charge in [0.05, 0.1) is 79.6 Å². The summed E-state index contributed by atoms with van der Waals surface area (Å²) < 4.78 is 137. The molecule has 360 valence electrons. The van der Waals surface area contributed by atoms with Gasteiger partial charge in [-0.2, -0.15) is 14.6 Å². The average molecular weight is 1140 g/mol. The van der Waals surface area contributed by atoms with Crippen molar-refractivity contribution in [1.82, 2.24) is 0 Å². The van der Waals surface area contributed by atoms with Gasteiger partial charge in [-0.1, -0.05) is 18.2 Å². The molecule has 0 unspecified atom stereocenters. The smallest absolute Gasteiger partial charge is 0.744 e. The number of aromatic hydroxyl groups is 1. The quantitative estimate of drug-likeness (QED) is 0.00667. The predicted molar refractivity (Wildman–Crippen MR) is 227 cm³/mol. The van der Waals surface area contributed by atoms with E-state index in [4.69, 9.17) is 9.92 Å². The van der Waals surface area contributed by atoms with E-state index in [9.17, 15) is 63.2 Å². The molecule has 3 N–H and O–H groups in total. The van der Waals surface area contributed by atoms with Crippen LogP contribution in [0.15, 0.2) is 126 Å². The summed E-state index contributed by atoms with van der Waals surface area (Å²) in [5.74, 6) is -3.24. The largest absolute Gasteiger partial charge is 1.00 e. The number of phenols is 1. The van der Waals surface area contributed by atoms with Crippen LogP contribution in [0, 0.1) is 0 Å². The number of para-hydroxylation sites is 1.